The van der Waals surface area contributed by atoms with Gasteiger partial charge in [0, 0.05) is 11.1 Å². The average Bonchev–Trinajstić information content (AvgIpc) is 2.25. The fourth-order valence-electron chi connectivity index (χ4n) is 1.12. The van der Waals surface area contributed by atoms with Gasteiger partial charge in [-0.1, -0.05) is 17.7 Å². The molecule has 0 aliphatic rings. The molecule has 1 amide bonds. The Bertz CT molecular complexity index is 457. The van der Waals surface area contributed by atoms with E-state index in [2.05, 4.69) is 0 Å². The first-order valence-electron chi connectivity index (χ1n) is 4.33. The minimum atomic E-state index is -4.57. The number of hydroxylamine groups is 1. The van der Waals surface area contributed by atoms with Crippen LogP contribution in [0.3, 0.4) is 0 Å². The summed E-state index contributed by atoms with van der Waals surface area (Å²) in [6, 6.07) is 3.16. The lowest BCUT2D eigenvalue weighted by Gasteiger charge is -2.10. The van der Waals surface area contributed by atoms with Gasteiger partial charge in [-0.3, -0.25) is 10.0 Å². The highest BCUT2D eigenvalue weighted by atomic mass is 35.5. The zero-order chi connectivity index (χ0) is 13.1. The van der Waals surface area contributed by atoms with Crippen LogP contribution in [0.4, 0.5) is 13.2 Å². The molecule has 0 unspecified atom stereocenters. The molecule has 0 aliphatic carbocycles. The van der Waals surface area contributed by atoms with E-state index < -0.39 is 17.6 Å². The summed E-state index contributed by atoms with van der Waals surface area (Å²) in [5, 5.41) is 8.14. The van der Waals surface area contributed by atoms with Gasteiger partial charge in [0.1, 0.15) is 0 Å². The molecule has 3 nitrogen and oxygen atoms in total. The summed E-state index contributed by atoms with van der Waals surface area (Å²) in [4.78, 5) is 10.7. The molecule has 0 heterocycles. The van der Waals surface area contributed by atoms with Crippen LogP contribution in [0.15, 0.2) is 24.3 Å². The van der Waals surface area contributed by atoms with Crippen molar-refractivity contribution in [3.05, 3.63) is 40.4 Å². The van der Waals surface area contributed by atoms with Gasteiger partial charge in [-0.2, -0.15) is 13.2 Å². The average molecular weight is 266 g/mol. The van der Waals surface area contributed by atoms with Gasteiger partial charge in [-0.15, -0.1) is 0 Å². The first kappa shape index (κ1) is 13.5. The van der Waals surface area contributed by atoms with Crippen LogP contribution in [-0.2, 0) is 11.0 Å². The molecule has 2 N–H and O–H groups in total. The topological polar surface area (TPSA) is 49.3 Å². The molecule has 7 heteroatoms. The van der Waals surface area contributed by atoms with Crippen molar-refractivity contribution in [3.8, 4) is 0 Å². The first-order chi connectivity index (χ1) is 7.84. The van der Waals surface area contributed by atoms with Crippen LogP contribution < -0.4 is 5.48 Å². The van der Waals surface area contributed by atoms with Gasteiger partial charge in [0.2, 0.25) is 0 Å². The SMILES string of the molecule is O=C(C=Cc1ccc(Cl)cc1C(F)(F)F)NO. The van der Waals surface area contributed by atoms with Crippen molar-refractivity contribution in [2.75, 3.05) is 0 Å². The van der Waals surface area contributed by atoms with E-state index in [1.807, 2.05) is 0 Å². The normalized spacial score (nSPS) is 11.8. The maximum absolute atomic E-state index is 12.6. The van der Waals surface area contributed by atoms with E-state index in [9.17, 15) is 18.0 Å². The Morgan fingerprint density at radius 1 is 1.41 bits per heavy atom. The van der Waals surface area contributed by atoms with Crippen LogP contribution >= 0.6 is 11.6 Å². The summed E-state index contributed by atoms with van der Waals surface area (Å²) in [7, 11) is 0. The third kappa shape index (κ3) is 3.76. The highest BCUT2D eigenvalue weighted by molar-refractivity contribution is 6.30. The largest absolute Gasteiger partial charge is 0.417 e. The highest BCUT2D eigenvalue weighted by Gasteiger charge is 2.32. The maximum atomic E-state index is 12.6. The quantitative estimate of drug-likeness (QED) is 0.491. The summed E-state index contributed by atoms with van der Waals surface area (Å²) in [5.74, 6) is -0.923. The summed E-state index contributed by atoms with van der Waals surface area (Å²) < 4.78 is 37.8. The Morgan fingerprint density at radius 2 is 2.06 bits per heavy atom. The predicted octanol–water partition coefficient (Wildman–Crippen LogP) is 2.88. The fraction of sp³-hybridized carbons (Fsp3) is 0.100. The zero-order valence-electron chi connectivity index (χ0n) is 8.25. The van der Waals surface area contributed by atoms with Crippen molar-refractivity contribution in [2.24, 2.45) is 0 Å². The second kappa shape index (κ2) is 5.20. The Balaban J connectivity index is 3.16. The first-order valence-corrected chi connectivity index (χ1v) is 4.71. The second-order valence-electron chi connectivity index (χ2n) is 3.04. The van der Waals surface area contributed by atoms with E-state index in [1.165, 1.54) is 11.5 Å². The molecule has 0 radical (unpaired) electrons. The second-order valence-corrected chi connectivity index (χ2v) is 3.48. The molecule has 92 valence electrons. The van der Waals surface area contributed by atoms with Crippen LogP contribution in [0.5, 0.6) is 0 Å². The number of halogens is 4. The monoisotopic (exact) mass is 265 g/mol. The molecule has 1 aromatic rings. The number of benzene rings is 1. The number of alkyl halides is 3. The van der Waals surface area contributed by atoms with Crippen LogP contribution in [0.2, 0.25) is 5.02 Å². The standard InChI is InChI=1S/C10H7ClF3NO2/c11-7-3-1-6(2-4-9(16)15-17)8(5-7)10(12,13)14/h1-5,17H,(H,15,16). The van der Waals surface area contributed by atoms with Crippen LogP contribution in [0, 0.1) is 0 Å². The van der Waals surface area contributed by atoms with E-state index in [1.54, 1.807) is 0 Å². The van der Waals surface area contributed by atoms with Crippen molar-refractivity contribution in [1.29, 1.82) is 0 Å². The number of rotatable bonds is 2. The number of carbonyl (C=O) groups is 1. The van der Waals surface area contributed by atoms with Gasteiger partial charge in [0.15, 0.2) is 0 Å². The maximum Gasteiger partial charge on any atom is 0.417 e. The molecular weight excluding hydrogens is 259 g/mol. The lowest BCUT2D eigenvalue weighted by Crippen LogP contribution is -2.15. The van der Waals surface area contributed by atoms with E-state index in [4.69, 9.17) is 16.8 Å². The van der Waals surface area contributed by atoms with E-state index in [0.29, 0.717) is 0 Å². The lowest BCUT2D eigenvalue weighted by molar-refractivity contribution is -0.137. The number of carbonyl (C=O) groups excluding carboxylic acids is 1. The third-order valence-corrected chi connectivity index (χ3v) is 2.08. The van der Waals surface area contributed by atoms with Crippen LogP contribution in [-0.4, -0.2) is 11.1 Å². The van der Waals surface area contributed by atoms with Crippen LogP contribution in [0.1, 0.15) is 11.1 Å². The van der Waals surface area contributed by atoms with E-state index in [-0.39, 0.29) is 10.6 Å². The minimum Gasteiger partial charge on any atom is -0.288 e. The van der Waals surface area contributed by atoms with Gasteiger partial charge in [0.25, 0.3) is 5.91 Å². The lowest BCUT2D eigenvalue weighted by atomic mass is 10.1. The Morgan fingerprint density at radius 3 is 2.59 bits per heavy atom. The van der Waals surface area contributed by atoms with E-state index >= 15 is 0 Å². The summed E-state index contributed by atoms with van der Waals surface area (Å²) in [6.07, 6.45) is -2.86. The van der Waals surface area contributed by atoms with Crippen molar-refractivity contribution in [2.45, 2.75) is 6.18 Å². The Labute approximate surface area is 99.5 Å². The Kier molecular flexibility index (Phi) is 4.14. The summed E-state index contributed by atoms with van der Waals surface area (Å²) >= 11 is 5.47. The summed E-state index contributed by atoms with van der Waals surface area (Å²) in [6.45, 7) is 0. The minimum absolute atomic E-state index is 0.0546. The smallest absolute Gasteiger partial charge is 0.288 e. The zero-order valence-corrected chi connectivity index (χ0v) is 9.01. The number of hydrogen-bond donors (Lipinski definition) is 2. The molecule has 1 rings (SSSR count). The Hall–Kier alpha value is -1.53. The molecule has 0 atom stereocenters. The molecule has 0 spiro atoms. The number of hydrogen-bond acceptors (Lipinski definition) is 2. The van der Waals surface area contributed by atoms with Crippen molar-refractivity contribution < 1.29 is 23.2 Å². The third-order valence-electron chi connectivity index (χ3n) is 1.85. The molecule has 0 fully saturated rings. The number of nitrogens with one attached hydrogen (secondary N) is 1. The molecule has 0 aliphatic heterocycles. The van der Waals surface area contributed by atoms with Gasteiger partial charge in [-0.25, -0.2) is 5.48 Å². The highest BCUT2D eigenvalue weighted by Crippen LogP contribution is 2.34. The van der Waals surface area contributed by atoms with Gasteiger partial charge in [-0.05, 0) is 23.8 Å². The molecule has 0 saturated carbocycles. The fourth-order valence-corrected chi connectivity index (χ4v) is 1.29. The molecule has 17 heavy (non-hydrogen) atoms. The predicted molar refractivity (Wildman–Crippen MR) is 55.4 cm³/mol. The van der Waals surface area contributed by atoms with Crippen LogP contribution in [0.25, 0.3) is 6.08 Å². The van der Waals surface area contributed by atoms with Crippen molar-refractivity contribution in [3.63, 3.8) is 0 Å². The molecule has 0 aromatic heterocycles. The molecule has 1 aromatic carbocycles. The van der Waals surface area contributed by atoms with Gasteiger partial charge in [0.05, 0.1) is 5.56 Å². The molecular formula is C10H7ClF3NO2. The van der Waals surface area contributed by atoms with E-state index in [0.717, 1.165) is 24.3 Å². The molecule has 0 saturated heterocycles. The molecule has 0 bridgehead atoms. The van der Waals surface area contributed by atoms with Gasteiger partial charge < -0.3 is 0 Å². The number of amides is 1. The van der Waals surface area contributed by atoms with Crippen molar-refractivity contribution >= 4 is 23.6 Å². The summed E-state index contributed by atoms with van der Waals surface area (Å²) in [5.41, 5.74) is 0.103. The van der Waals surface area contributed by atoms with Gasteiger partial charge >= 0.3 is 6.18 Å². The van der Waals surface area contributed by atoms with Crippen molar-refractivity contribution in [1.82, 2.24) is 5.48 Å².